The Labute approximate surface area is 86.4 Å². The van der Waals surface area contributed by atoms with Gasteiger partial charge in [-0.1, -0.05) is 6.42 Å². The second-order valence-corrected chi connectivity index (χ2v) is 4.59. The number of hydrogen-bond donors (Lipinski definition) is 2. The molecule has 2 fully saturated rings. The number of rotatable bonds is 4. The largest absolute Gasteiger partial charge is 0.381 e. The Morgan fingerprint density at radius 2 is 1.93 bits per heavy atom. The summed E-state index contributed by atoms with van der Waals surface area (Å²) in [7, 11) is 0. The maximum atomic E-state index is 5.81. The van der Waals surface area contributed by atoms with E-state index in [2.05, 4.69) is 5.32 Å². The summed E-state index contributed by atoms with van der Waals surface area (Å²) in [6.07, 6.45) is 6.46. The van der Waals surface area contributed by atoms with Crippen LogP contribution in [0.25, 0.3) is 0 Å². The van der Waals surface area contributed by atoms with Gasteiger partial charge in [-0.15, -0.1) is 0 Å². The summed E-state index contributed by atoms with van der Waals surface area (Å²) >= 11 is 0. The SMILES string of the molecule is NCC(NC1CCOCC1)C1CCC1. The number of hydrogen-bond acceptors (Lipinski definition) is 3. The fourth-order valence-electron chi connectivity index (χ4n) is 2.41. The van der Waals surface area contributed by atoms with Crippen LogP contribution >= 0.6 is 0 Å². The monoisotopic (exact) mass is 198 g/mol. The van der Waals surface area contributed by atoms with Gasteiger partial charge in [0.05, 0.1) is 0 Å². The smallest absolute Gasteiger partial charge is 0.0480 e. The van der Waals surface area contributed by atoms with Crippen LogP contribution in [0.3, 0.4) is 0 Å². The Morgan fingerprint density at radius 3 is 2.43 bits per heavy atom. The van der Waals surface area contributed by atoms with Crippen molar-refractivity contribution in [2.45, 2.75) is 44.2 Å². The molecule has 1 heterocycles. The van der Waals surface area contributed by atoms with Gasteiger partial charge in [-0.25, -0.2) is 0 Å². The van der Waals surface area contributed by atoms with E-state index in [4.69, 9.17) is 10.5 Å². The van der Waals surface area contributed by atoms with E-state index in [1.807, 2.05) is 0 Å². The van der Waals surface area contributed by atoms with Crippen LogP contribution in [0.5, 0.6) is 0 Å². The molecule has 1 unspecified atom stereocenters. The van der Waals surface area contributed by atoms with Crippen molar-refractivity contribution >= 4 is 0 Å². The molecule has 0 radical (unpaired) electrons. The van der Waals surface area contributed by atoms with Gasteiger partial charge in [0.1, 0.15) is 0 Å². The topological polar surface area (TPSA) is 47.3 Å². The molecule has 1 saturated heterocycles. The lowest BCUT2D eigenvalue weighted by molar-refractivity contribution is 0.0693. The summed E-state index contributed by atoms with van der Waals surface area (Å²) < 4.78 is 5.34. The van der Waals surface area contributed by atoms with Crippen LogP contribution in [0.1, 0.15) is 32.1 Å². The molecule has 3 nitrogen and oxygen atoms in total. The minimum absolute atomic E-state index is 0.562. The Kier molecular flexibility index (Phi) is 3.79. The fourth-order valence-corrected chi connectivity index (χ4v) is 2.41. The van der Waals surface area contributed by atoms with Crippen molar-refractivity contribution in [1.29, 1.82) is 0 Å². The lowest BCUT2D eigenvalue weighted by atomic mass is 9.79. The van der Waals surface area contributed by atoms with Crippen LogP contribution in [-0.2, 0) is 4.74 Å². The summed E-state index contributed by atoms with van der Waals surface area (Å²) in [6, 6.07) is 1.21. The van der Waals surface area contributed by atoms with Crippen molar-refractivity contribution in [3.63, 3.8) is 0 Å². The van der Waals surface area contributed by atoms with Crippen molar-refractivity contribution in [1.82, 2.24) is 5.32 Å². The molecule has 3 N–H and O–H groups in total. The molecular formula is C11H22N2O. The quantitative estimate of drug-likeness (QED) is 0.705. The van der Waals surface area contributed by atoms with Crippen molar-refractivity contribution in [3.05, 3.63) is 0 Å². The van der Waals surface area contributed by atoms with Gasteiger partial charge in [0.2, 0.25) is 0 Å². The molecule has 2 aliphatic rings. The van der Waals surface area contributed by atoms with E-state index in [1.54, 1.807) is 0 Å². The normalized spacial score (nSPS) is 27.2. The van der Waals surface area contributed by atoms with Crippen LogP contribution < -0.4 is 11.1 Å². The third-order valence-corrected chi connectivity index (χ3v) is 3.64. The zero-order valence-electron chi connectivity index (χ0n) is 8.87. The standard InChI is InChI=1S/C11H22N2O/c12-8-11(9-2-1-3-9)13-10-4-6-14-7-5-10/h9-11,13H,1-8,12H2. The molecule has 0 amide bonds. The predicted molar refractivity (Wildman–Crippen MR) is 57.2 cm³/mol. The van der Waals surface area contributed by atoms with E-state index >= 15 is 0 Å². The molecule has 2 rings (SSSR count). The molecule has 3 heteroatoms. The maximum Gasteiger partial charge on any atom is 0.0480 e. The number of ether oxygens (including phenoxy) is 1. The zero-order chi connectivity index (χ0) is 9.80. The summed E-state index contributed by atoms with van der Waals surface area (Å²) in [5, 5.41) is 3.70. The molecule has 0 bridgehead atoms. The Hall–Kier alpha value is -0.120. The molecule has 0 aromatic heterocycles. The molecule has 14 heavy (non-hydrogen) atoms. The number of nitrogens with one attached hydrogen (secondary N) is 1. The summed E-state index contributed by atoms with van der Waals surface area (Å²) in [4.78, 5) is 0. The Bertz CT molecular complexity index is 165. The van der Waals surface area contributed by atoms with Gasteiger partial charge in [0.25, 0.3) is 0 Å². The molecule has 0 spiro atoms. The lowest BCUT2D eigenvalue weighted by Gasteiger charge is -2.37. The fraction of sp³-hybridized carbons (Fsp3) is 1.00. The first-order valence-corrected chi connectivity index (χ1v) is 5.94. The molecule has 1 aliphatic carbocycles. The van der Waals surface area contributed by atoms with E-state index in [-0.39, 0.29) is 0 Å². The van der Waals surface area contributed by atoms with Crippen LogP contribution in [0.2, 0.25) is 0 Å². The minimum atomic E-state index is 0.562. The first kappa shape index (κ1) is 10.4. The zero-order valence-corrected chi connectivity index (χ0v) is 8.87. The van der Waals surface area contributed by atoms with Gasteiger partial charge < -0.3 is 15.8 Å². The summed E-state index contributed by atoms with van der Waals surface area (Å²) in [6.45, 7) is 2.63. The van der Waals surface area contributed by atoms with Crippen molar-refractivity contribution in [3.8, 4) is 0 Å². The molecule has 1 atom stereocenters. The second-order valence-electron chi connectivity index (χ2n) is 4.59. The van der Waals surface area contributed by atoms with E-state index in [9.17, 15) is 0 Å². The van der Waals surface area contributed by atoms with Gasteiger partial charge in [-0.05, 0) is 31.6 Å². The molecule has 82 valence electrons. The lowest BCUT2D eigenvalue weighted by Crippen LogP contribution is -2.50. The highest BCUT2D eigenvalue weighted by atomic mass is 16.5. The highest BCUT2D eigenvalue weighted by Crippen LogP contribution is 2.29. The maximum absolute atomic E-state index is 5.81. The highest BCUT2D eigenvalue weighted by Gasteiger charge is 2.28. The van der Waals surface area contributed by atoms with Crippen molar-refractivity contribution in [2.75, 3.05) is 19.8 Å². The summed E-state index contributed by atoms with van der Waals surface area (Å²) in [5.41, 5.74) is 5.81. The average Bonchev–Trinajstić information content (AvgIpc) is 2.15. The van der Waals surface area contributed by atoms with Crippen molar-refractivity contribution in [2.24, 2.45) is 11.7 Å². The first-order chi connectivity index (χ1) is 6.90. The molecular weight excluding hydrogens is 176 g/mol. The minimum Gasteiger partial charge on any atom is -0.381 e. The average molecular weight is 198 g/mol. The predicted octanol–water partition coefficient (Wildman–Crippen LogP) is 0.882. The van der Waals surface area contributed by atoms with E-state index < -0.39 is 0 Å². The van der Waals surface area contributed by atoms with E-state index in [0.29, 0.717) is 12.1 Å². The van der Waals surface area contributed by atoms with Gasteiger partial charge in [0, 0.05) is 31.8 Å². The van der Waals surface area contributed by atoms with Crippen molar-refractivity contribution < 1.29 is 4.74 Å². The Balaban J connectivity index is 1.74. The van der Waals surface area contributed by atoms with Gasteiger partial charge in [0.15, 0.2) is 0 Å². The number of nitrogens with two attached hydrogens (primary N) is 1. The first-order valence-electron chi connectivity index (χ1n) is 5.94. The molecule has 0 aromatic rings. The van der Waals surface area contributed by atoms with Crippen LogP contribution in [0.15, 0.2) is 0 Å². The van der Waals surface area contributed by atoms with E-state index in [0.717, 1.165) is 38.5 Å². The Morgan fingerprint density at radius 1 is 1.21 bits per heavy atom. The van der Waals surface area contributed by atoms with Gasteiger partial charge in [-0.3, -0.25) is 0 Å². The van der Waals surface area contributed by atoms with Crippen LogP contribution in [-0.4, -0.2) is 31.8 Å². The third kappa shape index (κ3) is 2.47. The second kappa shape index (κ2) is 5.10. The molecule has 1 aliphatic heterocycles. The van der Waals surface area contributed by atoms with Crippen LogP contribution in [0, 0.1) is 5.92 Å². The van der Waals surface area contributed by atoms with Crippen LogP contribution in [0.4, 0.5) is 0 Å². The van der Waals surface area contributed by atoms with Gasteiger partial charge >= 0.3 is 0 Å². The molecule has 0 aromatic carbocycles. The van der Waals surface area contributed by atoms with E-state index in [1.165, 1.54) is 19.3 Å². The summed E-state index contributed by atoms with van der Waals surface area (Å²) in [5.74, 6) is 0.850. The molecule has 1 saturated carbocycles. The van der Waals surface area contributed by atoms with Gasteiger partial charge in [-0.2, -0.15) is 0 Å². The third-order valence-electron chi connectivity index (χ3n) is 3.64. The highest BCUT2D eigenvalue weighted by molar-refractivity contribution is 4.86.